The van der Waals surface area contributed by atoms with E-state index in [4.69, 9.17) is 0 Å². The van der Waals surface area contributed by atoms with Crippen LogP contribution in [0.5, 0.6) is 0 Å². The molecular formula is C34H48FN7O4. The van der Waals surface area contributed by atoms with E-state index in [0.29, 0.717) is 43.2 Å². The third kappa shape index (κ3) is 10.4. The molecule has 0 bridgehead atoms. The average molecular weight is 638 g/mol. The molecule has 1 aromatic heterocycles. The maximum absolute atomic E-state index is 14.9. The van der Waals surface area contributed by atoms with E-state index in [9.17, 15) is 23.6 Å². The number of aryl methyl sites for hydroxylation is 1. The molecule has 11 nitrogen and oxygen atoms in total. The van der Waals surface area contributed by atoms with E-state index in [1.54, 1.807) is 49.1 Å². The van der Waals surface area contributed by atoms with Crippen LogP contribution in [0, 0.1) is 23.6 Å². The Labute approximate surface area is 270 Å². The van der Waals surface area contributed by atoms with Crippen molar-refractivity contribution >= 4 is 29.3 Å². The second-order valence-corrected chi connectivity index (χ2v) is 13.3. The van der Waals surface area contributed by atoms with Crippen LogP contribution in [0.3, 0.4) is 0 Å². The molecule has 3 saturated carbocycles. The van der Waals surface area contributed by atoms with Crippen LogP contribution in [-0.2, 0) is 27.3 Å². The maximum Gasteiger partial charge on any atom is 0.269 e. The Morgan fingerprint density at radius 1 is 0.935 bits per heavy atom. The Hall–Kier alpha value is -3.80. The second kappa shape index (κ2) is 15.7. The maximum atomic E-state index is 14.9. The van der Waals surface area contributed by atoms with Gasteiger partial charge in [0.15, 0.2) is 0 Å². The smallest absolute Gasteiger partial charge is 0.269 e. The van der Waals surface area contributed by atoms with Crippen LogP contribution in [0.15, 0.2) is 30.5 Å². The van der Waals surface area contributed by atoms with E-state index >= 15 is 0 Å². The standard InChI is InChI=1S/C27H36FN7O4.C7H12/c1-3-35-23(8-9-30-35)26(38)29-17-25(37)31-21-7-6-19(14-20(21)28)15-22(32-24(36)16-18-4-5-18)27(39)34-12-10-33(2)11-13-34;1-2-6(1)5-7-3-4-7/h6-9,14,18,22H,3-5,10-13,15-17H2,1-2H3,(H,29,38)(H,31,37)(H,32,36);6-7H,1-5H2. The van der Waals surface area contributed by atoms with Crippen molar-refractivity contribution in [3.63, 3.8) is 0 Å². The lowest BCUT2D eigenvalue weighted by molar-refractivity contribution is -0.137. The first-order valence-electron chi connectivity index (χ1n) is 16.8. The molecule has 1 unspecified atom stereocenters. The van der Waals surface area contributed by atoms with E-state index < -0.39 is 23.7 Å². The van der Waals surface area contributed by atoms with Gasteiger partial charge in [-0.05, 0) is 74.8 Å². The molecule has 1 saturated heterocycles. The number of amides is 4. The summed E-state index contributed by atoms with van der Waals surface area (Å²) in [5, 5.41) is 11.9. The van der Waals surface area contributed by atoms with E-state index in [0.717, 1.165) is 25.9 Å². The Balaban J connectivity index is 0.000000517. The van der Waals surface area contributed by atoms with Gasteiger partial charge in [-0.3, -0.25) is 23.9 Å². The minimum atomic E-state index is -0.800. The first-order valence-corrected chi connectivity index (χ1v) is 16.8. The highest BCUT2D eigenvalue weighted by atomic mass is 19.1. The van der Waals surface area contributed by atoms with Crippen LogP contribution in [0.25, 0.3) is 0 Å². The summed E-state index contributed by atoms with van der Waals surface area (Å²) in [7, 11) is 2.00. The van der Waals surface area contributed by atoms with Crippen LogP contribution in [0.1, 0.15) is 74.3 Å². The molecule has 1 aromatic carbocycles. The molecular weight excluding hydrogens is 589 g/mol. The molecule has 12 heteroatoms. The molecule has 0 spiro atoms. The van der Waals surface area contributed by atoms with Crippen molar-refractivity contribution in [2.45, 2.75) is 77.3 Å². The minimum absolute atomic E-state index is 0.0451. The van der Waals surface area contributed by atoms with Crippen LogP contribution in [0.4, 0.5) is 10.1 Å². The third-order valence-corrected chi connectivity index (χ3v) is 9.09. The van der Waals surface area contributed by atoms with Crippen molar-refractivity contribution < 1.29 is 23.6 Å². The van der Waals surface area contributed by atoms with E-state index in [1.807, 2.05) is 14.0 Å². The van der Waals surface area contributed by atoms with Crippen molar-refractivity contribution in [3.8, 4) is 0 Å². The van der Waals surface area contributed by atoms with Crippen molar-refractivity contribution in [1.29, 1.82) is 0 Å². The van der Waals surface area contributed by atoms with Crippen LogP contribution >= 0.6 is 0 Å². The van der Waals surface area contributed by atoms with Gasteiger partial charge < -0.3 is 25.8 Å². The van der Waals surface area contributed by atoms with Crippen LogP contribution in [0.2, 0.25) is 0 Å². The number of piperazine rings is 1. The molecule has 2 aromatic rings. The molecule has 6 rings (SSSR count). The molecule has 1 atom stereocenters. The van der Waals surface area contributed by atoms with Gasteiger partial charge in [0.2, 0.25) is 17.7 Å². The molecule has 4 amide bonds. The minimum Gasteiger partial charge on any atom is -0.344 e. The highest BCUT2D eigenvalue weighted by Gasteiger charge is 2.32. The molecule has 4 aliphatic rings. The number of hydrogen-bond donors (Lipinski definition) is 3. The summed E-state index contributed by atoms with van der Waals surface area (Å²) >= 11 is 0. The average Bonchev–Trinajstić information content (AvgIpc) is 3.96. The number of hydrogen-bond acceptors (Lipinski definition) is 6. The zero-order chi connectivity index (χ0) is 32.6. The molecule has 250 valence electrons. The fourth-order valence-corrected chi connectivity index (χ4v) is 5.71. The number of carbonyl (C=O) groups is 4. The first kappa shape index (κ1) is 33.6. The molecule has 2 heterocycles. The second-order valence-electron chi connectivity index (χ2n) is 13.3. The molecule has 1 aliphatic heterocycles. The number of aromatic nitrogens is 2. The number of benzene rings is 1. The van der Waals surface area contributed by atoms with Crippen molar-refractivity contribution in [2.75, 3.05) is 45.1 Å². The van der Waals surface area contributed by atoms with Crippen molar-refractivity contribution in [2.24, 2.45) is 17.8 Å². The number of likely N-dealkylation sites (N-methyl/N-ethyl adjacent to an activating group) is 1. The van der Waals surface area contributed by atoms with Gasteiger partial charge in [0.05, 0.1) is 12.2 Å². The fourth-order valence-electron chi connectivity index (χ4n) is 5.71. The van der Waals surface area contributed by atoms with Gasteiger partial charge >= 0.3 is 0 Å². The van der Waals surface area contributed by atoms with Gasteiger partial charge in [-0.15, -0.1) is 0 Å². The molecule has 0 radical (unpaired) electrons. The Morgan fingerprint density at radius 3 is 2.22 bits per heavy atom. The lowest BCUT2D eigenvalue weighted by atomic mass is 10.0. The van der Waals surface area contributed by atoms with Gasteiger partial charge in [-0.1, -0.05) is 31.7 Å². The zero-order valence-corrected chi connectivity index (χ0v) is 27.1. The summed E-state index contributed by atoms with van der Waals surface area (Å²) < 4.78 is 16.4. The number of nitrogens with zero attached hydrogens (tertiary/aromatic N) is 4. The van der Waals surface area contributed by atoms with Crippen molar-refractivity contribution in [1.82, 2.24) is 30.2 Å². The predicted molar refractivity (Wildman–Crippen MR) is 172 cm³/mol. The summed E-state index contributed by atoms with van der Waals surface area (Å²) in [6, 6.07) is 5.04. The van der Waals surface area contributed by atoms with Gasteiger partial charge in [0, 0.05) is 51.8 Å². The summed E-state index contributed by atoms with van der Waals surface area (Å²) in [5.41, 5.74) is 0.799. The lowest BCUT2D eigenvalue weighted by Crippen LogP contribution is -2.55. The van der Waals surface area contributed by atoms with Gasteiger partial charge in [-0.25, -0.2) is 4.39 Å². The topological polar surface area (TPSA) is 129 Å². The zero-order valence-electron chi connectivity index (χ0n) is 27.1. The summed E-state index contributed by atoms with van der Waals surface area (Å²) in [6.07, 6.45) is 11.9. The largest absolute Gasteiger partial charge is 0.344 e. The van der Waals surface area contributed by atoms with Crippen molar-refractivity contribution in [3.05, 3.63) is 47.5 Å². The van der Waals surface area contributed by atoms with Crippen LogP contribution in [-0.4, -0.2) is 89.0 Å². The SMILES string of the molecule is C1CC1CC1CC1.CCn1nccc1C(=O)NCC(=O)Nc1ccc(CC(NC(=O)CC2CC2)C(=O)N2CCN(C)CC2)cc1F. The Morgan fingerprint density at radius 2 is 1.61 bits per heavy atom. The molecule has 3 aliphatic carbocycles. The fraction of sp³-hybridized carbons (Fsp3) is 0.618. The first-order chi connectivity index (χ1) is 22.2. The highest BCUT2D eigenvalue weighted by Crippen LogP contribution is 2.43. The lowest BCUT2D eigenvalue weighted by Gasteiger charge is -2.35. The monoisotopic (exact) mass is 637 g/mol. The van der Waals surface area contributed by atoms with Gasteiger partial charge in [0.25, 0.3) is 5.91 Å². The molecule has 3 N–H and O–H groups in total. The summed E-state index contributed by atoms with van der Waals surface area (Å²) in [5.74, 6) is 0.686. The Bertz CT molecular complexity index is 1370. The molecule has 4 fully saturated rings. The number of carbonyl (C=O) groups excluding carboxylic acids is 4. The van der Waals surface area contributed by atoms with E-state index in [2.05, 4.69) is 25.9 Å². The third-order valence-electron chi connectivity index (χ3n) is 9.09. The summed E-state index contributed by atoms with van der Waals surface area (Å²) in [6.45, 7) is 4.65. The number of rotatable bonds is 13. The van der Waals surface area contributed by atoms with Gasteiger partial charge in [0.1, 0.15) is 17.6 Å². The normalized spacial score (nSPS) is 18.6. The number of anilines is 1. The van der Waals surface area contributed by atoms with E-state index in [-0.39, 0.29) is 30.5 Å². The number of nitrogens with one attached hydrogen (secondary N) is 3. The highest BCUT2D eigenvalue weighted by molar-refractivity contribution is 5.98. The number of halogens is 1. The quantitative estimate of drug-likeness (QED) is 0.310. The van der Waals surface area contributed by atoms with Gasteiger partial charge in [-0.2, -0.15) is 5.10 Å². The Kier molecular flexibility index (Phi) is 11.4. The van der Waals surface area contributed by atoms with Crippen LogP contribution < -0.4 is 16.0 Å². The predicted octanol–water partition coefficient (Wildman–Crippen LogP) is 3.21. The summed E-state index contributed by atoms with van der Waals surface area (Å²) in [4.78, 5) is 54.4. The van der Waals surface area contributed by atoms with E-state index in [1.165, 1.54) is 34.8 Å². The molecule has 46 heavy (non-hydrogen) atoms.